The average Bonchev–Trinajstić information content (AvgIpc) is 2.82. The molecule has 120 valence electrons. The zero-order valence-corrected chi connectivity index (χ0v) is 10.3. The molecule has 1 rings (SSSR count). The van der Waals surface area contributed by atoms with E-state index in [4.69, 9.17) is 5.73 Å². The molecule has 0 saturated carbocycles. The number of rotatable bonds is 4. The SMILES string of the molecule is CCC(N)[C@H](OC(=O)C(F)(F)F)c1noc(C(F)(F)F)n1. The van der Waals surface area contributed by atoms with Crippen LogP contribution in [0.2, 0.25) is 0 Å². The third kappa shape index (κ3) is 4.31. The van der Waals surface area contributed by atoms with Crippen LogP contribution in [0.3, 0.4) is 0 Å². The molecular weight excluding hydrogens is 312 g/mol. The molecule has 12 heteroatoms. The van der Waals surface area contributed by atoms with Crippen molar-refractivity contribution < 1.29 is 40.4 Å². The van der Waals surface area contributed by atoms with Gasteiger partial charge in [0.15, 0.2) is 6.10 Å². The molecule has 2 atom stereocenters. The number of aromatic nitrogens is 2. The maximum atomic E-state index is 12.3. The maximum absolute atomic E-state index is 12.3. The summed E-state index contributed by atoms with van der Waals surface area (Å²) < 4.78 is 81.1. The van der Waals surface area contributed by atoms with Gasteiger partial charge in [-0.1, -0.05) is 12.1 Å². The Bertz CT molecular complexity index is 498. The number of ether oxygens (including phenoxy) is 1. The standard InChI is InChI=1S/C9H9F6N3O3/c1-2-3(16)4(20-7(19)9(13,14)15)5-17-6(21-18-5)8(10,11)12/h3-4H,2,16H2,1H3/t3?,4-/m0/s1. The van der Waals surface area contributed by atoms with Gasteiger partial charge in [0.1, 0.15) is 0 Å². The van der Waals surface area contributed by atoms with Crippen LogP contribution in [0, 0.1) is 0 Å². The molecular formula is C9H9F6N3O3. The lowest BCUT2D eigenvalue weighted by Gasteiger charge is -2.20. The van der Waals surface area contributed by atoms with Gasteiger partial charge in [-0.15, -0.1) is 0 Å². The van der Waals surface area contributed by atoms with Crippen LogP contribution in [0.1, 0.15) is 31.2 Å². The Hall–Kier alpha value is -1.85. The summed E-state index contributed by atoms with van der Waals surface area (Å²) in [5.74, 6) is -5.29. The first kappa shape index (κ1) is 17.2. The van der Waals surface area contributed by atoms with E-state index in [0.717, 1.165) is 0 Å². The summed E-state index contributed by atoms with van der Waals surface area (Å²) in [5, 5.41) is 2.86. The van der Waals surface area contributed by atoms with Gasteiger partial charge >= 0.3 is 24.2 Å². The number of esters is 1. The minimum Gasteiger partial charge on any atom is -0.446 e. The molecule has 0 aliphatic carbocycles. The van der Waals surface area contributed by atoms with Crippen LogP contribution in [0.4, 0.5) is 26.3 Å². The summed E-state index contributed by atoms with van der Waals surface area (Å²) in [6.07, 6.45) is -12.2. The van der Waals surface area contributed by atoms with Gasteiger partial charge in [0.25, 0.3) is 0 Å². The molecule has 0 fully saturated rings. The second-order valence-electron chi connectivity index (χ2n) is 3.85. The molecule has 1 aromatic rings. The Morgan fingerprint density at radius 3 is 2.29 bits per heavy atom. The predicted molar refractivity (Wildman–Crippen MR) is 52.5 cm³/mol. The van der Waals surface area contributed by atoms with Gasteiger partial charge in [-0.25, -0.2) is 4.79 Å². The summed E-state index contributed by atoms with van der Waals surface area (Å²) in [6, 6.07) is -1.24. The van der Waals surface area contributed by atoms with Crippen molar-refractivity contribution in [2.45, 2.75) is 37.8 Å². The van der Waals surface area contributed by atoms with Crippen molar-refractivity contribution in [3.05, 3.63) is 11.7 Å². The van der Waals surface area contributed by atoms with Crippen molar-refractivity contribution in [2.75, 3.05) is 0 Å². The topological polar surface area (TPSA) is 91.2 Å². The van der Waals surface area contributed by atoms with E-state index in [-0.39, 0.29) is 6.42 Å². The Kier molecular flexibility index (Phi) is 4.81. The highest BCUT2D eigenvalue weighted by atomic mass is 19.4. The number of carbonyl (C=O) groups excluding carboxylic acids is 1. The minimum atomic E-state index is -5.33. The van der Waals surface area contributed by atoms with Gasteiger partial charge < -0.3 is 15.0 Å². The number of nitrogens with zero attached hydrogens (tertiary/aromatic N) is 2. The molecule has 21 heavy (non-hydrogen) atoms. The monoisotopic (exact) mass is 321 g/mol. The minimum absolute atomic E-state index is 0.00824. The summed E-state index contributed by atoms with van der Waals surface area (Å²) in [6.45, 7) is 1.42. The maximum Gasteiger partial charge on any atom is 0.490 e. The predicted octanol–water partition coefficient (Wildman–Crippen LogP) is 1.97. The highest BCUT2D eigenvalue weighted by molar-refractivity contribution is 5.75. The van der Waals surface area contributed by atoms with Gasteiger partial charge in [0.2, 0.25) is 5.82 Å². The molecule has 1 aromatic heterocycles. The van der Waals surface area contributed by atoms with Crippen molar-refractivity contribution >= 4 is 5.97 Å². The third-order valence-electron chi connectivity index (χ3n) is 2.26. The normalized spacial score (nSPS) is 15.6. The van der Waals surface area contributed by atoms with Gasteiger partial charge in [0, 0.05) is 6.04 Å². The van der Waals surface area contributed by atoms with E-state index in [1.54, 1.807) is 0 Å². The molecule has 0 aliphatic heterocycles. The second kappa shape index (κ2) is 5.87. The average molecular weight is 321 g/mol. The molecule has 2 N–H and O–H groups in total. The summed E-state index contributed by atoms with van der Waals surface area (Å²) in [7, 11) is 0. The van der Waals surface area contributed by atoms with Crippen LogP contribution in [0.5, 0.6) is 0 Å². The van der Waals surface area contributed by atoms with Gasteiger partial charge in [-0.2, -0.15) is 31.3 Å². The zero-order valence-electron chi connectivity index (χ0n) is 10.3. The molecule has 0 saturated heterocycles. The van der Waals surface area contributed by atoms with Crippen LogP contribution in [-0.2, 0) is 15.7 Å². The van der Waals surface area contributed by atoms with Crippen LogP contribution in [0.15, 0.2) is 4.52 Å². The largest absolute Gasteiger partial charge is 0.490 e. The second-order valence-corrected chi connectivity index (χ2v) is 3.85. The molecule has 0 bridgehead atoms. The lowest BCUT2D eigenvalue weighted by Crippen LogP contribution is -2.36. The van der Waals surface area contributed by atoms with Crippen LogP contribution in [0.25, 0.3) is 0 Å². The van der Waals surface area contributed by atoms with Crippen molar-refractivity contribution in [2.24, 2.45) is 5.73 Å². The fourth-order valence-corrected chi connectivity index (χ4v) is 1.19. The van der Waals surface area contributed by atoms with E-state index >= 15 is 0 Å². The van der Waals surface area contributed by atoms with Gasteiger partial charge in [0.05, 0.1) is 0 Å². The zero-order chi connectivity index (χ0) is 16.4. The molecule has 0 amide bonds. The lowest BCUT2D eigenvalue weighted by atomic mass is 10.1. The van der Waals surface area contributed by atoms with Crippen molar-refractivity contribution in [3.8, 4) is 0 Å². The Morgan fingerprint density at radius 2 is 1.90 bits per heavy atom. The van der Waals surface area contributed by atoms with Crippen LogP contribution >= 0.6 is 0 Å². The number of hydrogen-bond acceptors (Lipinski definition) is 6. The van der Waals surface area contributed by atoms with E-state index < -0.39 is 42.2 Å². The fourth-order valence-electron chi connectivity index (χ4n) is 1.19. The van der Waals surface area contributed by atoms with Gasteiger partial charge in [-0.05, 0) is 6.42 Å². The lowest BCUT2D eigenvalue weighted by molar-refractivity contribution is -0.206. The first-order valence-electron chi connectivity index (χ1n) is 5.41. The quantitative estimate of drug-likeness (QED) is 0.673. The Morgan fingerprint density at radius 1 is 1.33 bits per heavy atom. The fraction of sp³-hybridized carbons (Fsp3) is 0.667. The number of carbonyl (C=O) groups is 1. The van der Waals surface area contributed by atoms with E-state index in [0.29, 0.717) is 0 Å². The van der Waals surface area contributed by atoms with Crippen molar-refractivity contribution in [1.82, 2.24) is 10.1 Å². The molecule has 0 aromatic carbocycles. The smallest absolute Gasteiger partial charge is 0.446 e. The van der Waals surface area contributed by atoms with E-state index in [1.165, 1.54) is 6.92 Å². The Labute approximate surface area is 113 Å². The van der Waals surface area contributed by atoms with E-state index in [9.17, 15) is 31.1 Å². The molecule has 1 heterocycles. The number of hydrogen-bond donors (Lipinski definition) is 1. The van der Waals surface area contributed by atoms with Crippen LogP contribution in [-0.4, -0.2) is 28.3 Å². The highest BCUT2D eigenvalue weighted by Crippen LogP contribution is 2.30. The molecule has 0 radical (unpaired) electrons. The van der Waals surface area contributed by atoms with Crippen molar-refractivity contribution in [1.29, 1.82) is 0 Å². The number of alkyl halides is 6. The van der Waals surface area contributed by atoms with Gasteiger partial charge in [-0.3, -0.25) is 0 Å². The molecule has 0 spiro atoms. The van der Waals surface area contributed by atoms with E-state index in [2.05, 4.69) is 19.4 Å². The van der Waals surface area contributed by atoms with Crippen molar-refractivity contribution in [3.63, 3.8) is 0 Å². The molecule has 1 unspecified atom stereocenters. The summed E-state index contributed by atoms with van der Waals surface area (Å²) >= 11 is 0. The molecule has 6 nitrogen and oxygen atoms in total. The first-order chi connectivity index (χ1) is 9.46. The number of nitrogens with two attached hydrogens (primary N) is 1. The van der Waals surface area contributed by atoms with E-state index in [1.807, 2.05) is 0 Å². The first-order valence-corrected chi connectivity index (χ1v) is 5.41. The number of halogens is 6. The molecule has 0 aliphatic rings. The Balaban J connectivity index is 3.04. The third-order valence-corrected chi connectivity index (χ3v) is 2.26. The highest BCUT2D eigenvalue weighted by Gasteiger charge is 2.45. The summed E-state index contributed by atoms with van der Waals surface area (Å²) in [5.41, 5.74) is 5.41. The van der Waals surface area contributed by atoms with Crippen LogP contribution < -0.4 is 5.73 Å². The summed E-state index contributed by atoms with van der Waals surface area (Å²) in [4.78, 5) is 13.6.